The van der Waals surface area contributed by atoms with E-state index in [0.29, 0.717) is 0 Å². The smallest absolute Gasteiger partial charge is 0.191 e. The number of hydrogen-bond donors (Lipinski definition) is 0. The highest BCUT2D eigenvalue weighted by atomic mass is 35.5. The maximum Gasteiger partial charge on any atom is 0.191 e. The van der Waals surface area contributed by atoms with Crippen molar-refractivity contribution in [3.05, 3.63) is 69.8 Å². The monoisotopic (exact) mass is 386 g/mol. The van der Waals surface area contributed by atoms with E-state index in [9.17, 15) is 0 Å². The molecule has 0 unspecified atom stereocenters. The summed E-state index contributed by atoms with van der Waals surface area (Å²) in [6.07, 6.45) is 4.60. The van der Waals surface area contributed by atoms with Crippen molar-refractivity contribution in [2.75, 3.05) is 0 Å². The van der Waals surface area contributed by atoms with E-state index in [1.54, 1.807) is 35.6 Å². The van der Waals surface area contributed by atoms with E-state index >= 15 is 0 Å². The zero-order valence-electron chi connectivity index (χ0n) is 13.3. The molecule has 0 N–H and O–H groups in total. The molecule has 0 aliphatic rings. The SMILES string of the molecule is Clc1ccc(CSc2nncn2CCc2cccs2)c2ncccc12. The van der Waals surface area contributed by atoms with Gasteiger partial charge in [-0.1, -0.05) is 35.5 Å². The number of nitrogens with zero attached hydrogens (tertiary/aromatic N) is 4. The minimum Gasteiger partial charge on any atom is -0.308 e. The second-order valence-corrected chi connectivity index (χ2v) is 7.91. The third kappa shape index (κ3) is 3.71. The summed E-state index contributed by atoms with van der Waals surface area (Å²) in [4.78, 5) is 5.87. The highest BCUT2D eigenvalue weighted by Gasteiger charge is 2.10. The predicted molar refractivity (Wildman–Crippen MR) is 104 cm³/mol. The quantitative estimate of drug-likeness (QED) is 0.433. The summed E-state index contributed by atoms with van der Waals surface area (Å²) in [5.74, 6) is 0.780. The van der Waals surface area contributed by atoms with Gasteiger partial charge in [0, 0.05) is 33.8 Å². The average Bonchev–Trinajstić information content (AvgIpc) is 3.31. The first-order valence-corrected chi connectivity index (χ1v) is 10.1. The maximum absolute atomic E-state index is 6.27. The van der Waals surface area contributed by atoms with Crippen molar-refractivity contribution >= 4 is 45.6 Å². The Morgan fingerprint density at radius 2 is 2.12 bits per heavy atom. The zero-order chi connectivity index (χ0) is 17.1. The summed E-state index contributed by atoms with van der Waals surface area (Å²) in [5, 5.41) is 13.1. The van der Waals surface area contributed by atoms with Crippen molar-refractivity contribution in [3.8, 4) is 0 Å². The Labute approximate surface area is 158 Å². The van der Waals surface area contributed by atoms with E-state index in [1.165, 1.54) is 4.88 Å². The van der Waals surface area contributed by atoms with E-state index in [0.717, 1.165) is 45.4 Å². The molecular weight excluding hydrogens is 372 g/mol. The minimum absolute atomic E-state index is 0.732. The molecule has 7 heteroatoms. The van der Waals surface area contributed by atoms with Crippen LogP contribution in [0.15, 0.2) is 59.5 Å². The Morgan fingerprint density at radius 3 is 3.00 bits per heavy atom. The van der Waals surface area contributed by atoms with Gasteiger partial charge < -0.3 is 4.57 Å². The van der Waals surface area contributed by atoms with Crippen molar-refractivity contribution in [3.63, 3.8) is 0 Å². The van der Waals surface area contributed by atoms with Gasteiger partial charge in [-0.15, -0.1) is 21.5 Å². The lowest BCUT2D eigenvalue weighted by atomic mass is 10.1. The topological polar surface area (TPSA) is 43.6 Å². The standard InChI is InChI=1S/C18H15ClN4S2/c19-16-6-5-13(17-15(16)4-1-8-20-17)11-25-18-22-21-12-23(18)9-7-14-3-2-10-24-14/h1-6,8,10,12H,7,9,11H2. The number of rotatable bonds is 6. The molecule has 0 atom stereocenters. The van der Waals surface area contributed by atoms with Crippen molar-refractivity contribution < 1.29 is 0 Å². The molecule has 0 bridgehead atoms. The lowest BCUT2D eigenvalue weighted by Crippen LogP contribution is -2.01. The third-order valence-corrected chi connectivity index (χ3v) is 6.21. The Bertz CT molecular complexity index is 982. The Morgan fingerprint density at radius 1 is 1.16 bits per heavy atom. The number of halogens is 1. The molecule has 0 saturated carbocycles. The molecule has 3 heterocycles. The van der Waals surface area contributed by atoms with Crippen molar-refractivity contribution in [2.24, 2.45) is 0 Å². The lowest BCUT2D eigenvalue weighted by molar-refractivity contribution is 0.637. The molecule has 3 aromatic heterocycles. The van der Waals surface area contributed by atoms with Gasteiger partial charge in [0.05, 0.1) is 5.52 Å². The summed E-state index contributed by atoms with van der Waals surface area (Å²) in [6.45, 7) is 0.884. The van der Waals surface area contributed by atoms with Crippen molar-refractivity contribution in [2.45, 2.75) is 23.9 Å². The van der Waals surface area contributed by atoms with Gasteiger partial charge in [-0.25, -0.2) is 0 Å². The van der Waals surface area contributed by atoms with Crippen LogP contribution in [0.3, 0.4) is 0 Å². The van der Waals surface area contributed by atoms with Crippen LogP contribution in [0.1, 0.15) is 10.4 Å². The Balaban J connectivity index is 1.49. The van der Waals surface area contributed by atoms with Crippen LogP contribution in [0.25, 0.3) is 10.9 Å². The highest BCUT2D eigenvalue weighted by Crippen LogP contribution is 2.29. The molecule has 0 radical (unpaired) electrons. The van der Waals surface area contributed by atoms with E-state index in [1.807, 2.05) is 24.3 Å². The van der Waals surface area contributed by atoms with Crippen molar-refractivity contribution in [1.29, 1.82) is 0 Å². The van der Waals surface area contributed by atoms with Crippen LogP contribution in [-0.4, -0.2) is 19.7 Å². The van der Waals surface area contributed by atoms with Crippen LogP contribution < -0.4 is 0 Å². The fraction of sp³-hybridized carbons (Fsp3) is 0.167. The fourth-order valence-corrected chi connectivity index (χ4v) is 4.49. The van der Waals surface area contributed by atoms with Crippen LogP contribution in [0, 0.1) is 0 Å². The van der Waals surface area contributed by atoms with E-state index in [4.69, 9.17) is 11.6 Å². The number of fused-ring (bicyclic) bond motifs is 1. The second kappa shape index (κ2) is 7.56. The number of thioether (sulfide) groups is 1. The number of aromatic nitrogens is 4. The van der Waals surface area contributed by atoms with Gasteiger partial charge in [0.15, 0.2) is 5.16 Å². The molecule has 126 valence electrons. The van der Waals surface area contributed by atoms with E-state index in [2.05, 4.69) is 37.3 Å². The van der Waals surface area contributed by atoms with Crippen LogP contribution in [0.2, 0.25) is 5.02 Å². The van der Waals surface area contributed by atoms with Gasteiger partial charge in [0.1, 0.15) is 6.33 Å². The van der Waals surface area contributed by atoms with Gasteiger partial charge in [0.2, 0.25) is 0 Å². The molecule has 4 aromatic rings. The van der Waals surface area contributed by atoms with Gasteiger partial charge >= 0.3 is 0 Å². The number of thiophene rings is 1. The third-order valence-electron chi connectivity index (χ3n) is 3.92. The molecule has 25 heavy (non-hydrogen) atoms. The van der Waals surface area contributed by atoms with Crippen molar-refractivity contribution in [1.82, 2.24) is 19.7 Å². The first-order chi connectivity index (χ1) is 12.3. The maximum atomic E-state index is 6.27. The lowest BCUT2D eigenvalue weighted by Gasteiger charge is -2.08. The second-order valence-electron chi connectivity index (χ2n) is 5.53. The number of aryl methyl sites for hydroxylation is 2. The molecule has 0 saturated heterocycles. The van der Waals surface area contributed by atoms with Crippen LogP contribution in [-0.2, 0) is 18.7 Å². The van der Waals surface area contributed by atoms with Crippen LogP contribution >= 0.6 is 34.7 Å². The predicted octanol–water partition coefficient (Wildman–Crippen LogP) is 5.08. The molecule has 0 aliphatic heterocycles. The highest BCUT2D eigenvalue weighted by molar-refractivity contribution is 7.98. The van der Waals surface area contributed by atoms with E-state index < -0.39 is 0 Å². The summed E-state index contributed by atoms with van der Waals surface area (Å²) < 4.78 is 2.11. The summed E-state index contributed by atoms with van der Waals surface area (Å²) in [5.41, 5.74) is 2.10. The average molecular weight is 387 g/mol. The van der Waals surface area contributed by atoms with Gasteiger partial charge in [0.25, 0.3) is 0 Å². The molecule has 0 amide bonds. The van der Waals surface area contributed by atoms with Gasteiger partial charge in [-0.2, -0.15) is 0 Å². The molecule has 4 rings (SSSR count). The summed E-state index contributed by atoms with van der Waals surface area (Å²) in [6, 6.07) is 12.1. The number of benzene rings is 1. The van der Waals surface area contributed by atoms with Gasteiger partial charge in [-0.05, 0) is 41.6 Å². The first kappa shape index (κ1) is 16.6. The number of pyridine rings is 1. The molecular formula is C18H15ClN4S2. The zero-order valence-corrected chi connectivity index (χ0v) is 15.7. The number of hydrogen-bond acceptors (Lipinski definition) is 5. The minimum atomic E-state index is 0.732. The molecule has 0 spiro atoms. The molecule has 0 aliphatic carbocycles. The van der Waals surface area contributed by atoms with Gasteiger partial charge in [-0.3, -0.25) is 4.98 Å². The largest absolute Gasteiger partial charge is 0.308 e. The van der Waals surface area contributed by atoms with Crippen LogP contribution in [0.4, 0.5) is 0 Å². The fourth-order valence-electron chi connectivity index (χ4n) is 2.65. The molecule has 1 aromatic carbocycles. The Hall–Kier alpha value is -1.89. The summed E-state index contributed by atoms with van der Waals surface area (Å²) >= 11 is 9.73. The first-order valence-electron chi connectivity index (χ1n) is 7.86. The Kier molecular flexibility index (Phi) is 5.01. The summed E-state index contributed by atoms with van der Waals surface area (Å²) in [7, 11) is 0. The molecule has 0 fully saturated rings. The van der Waals surface area contributed by atoms with E-state index in [-0.39, 0.29) is 0 Å². The van der Waals surface area contributed by atoms with Crippen LogP contribution in [0.5, 0.6) is 0 Å². The molecule has 4 nitrogen and oxygen atoms in total. The normalized spacial score (nSPS) is 11.2.